The highest BCUT2D eigenvalue weighted by Gasteiger charge is 2.16. The van der Waals surface area contributed by atoms with E-state index in [1.165, 1.54) is 24.0 Å². The monoisotopic (exact) mass is 323 g/mol. The number of aromatic amines is 1. The van der Waals surface area contributed by atoms with Crippen LogP contribution in [-0.4, -0.2) is 21.1 Å². The van der Waals surface area contributed by atoms with Gasteiger partial charge in [0, 0.05) is 23.0 Å². The second-order valence-corrected chi connectivity index (χ2v) is 6.19. The van der Waals surface area contributed by atoms with E-state index in [-0.39, 0.29) is 11.5 Å². The zero-order chi connectivity index (χ0) is 15.4. The Hall–Kier alpha value is -1.79. The van der Waals surface area contributed by atoms with Gasteiger partial charge in [0.2, 0.25) is 5.91 Å². The van der Waals surface area contributed by atoms with Crippen molar-refractivity contribution in [2.45, 2.75) is 24.3 Å². The minimum atomic E-state index is -0.407. The fourth-order valence-electron chi connectivity index (χ4n) is 1.55. The van der Waals surface area contributed by atoms with Crippen molar-refractivity contribution in [2.24, 2.45) is 0 Å². The van der Waals surface area contributed by atoms with Crippen LogP contribution in [0.25, 0.3) is 0 Å². The summed E-state index contributed by atoms with van der Waals surface area (Å²) in [6, 6.07) is 6.66. The van der Waals surface area contributed by atoms with E-state index in [9.17, 15) is 9.59 Å². The van der Waals surface area contributed by atoms with Crippen LogP contribution in [-0.2, 0) is 4.79 Å². The average molecular weight is 324 g/mol. The van der Waals surface area contributed by atoms with Gasteiger partial charge in [-0.05, 0) is 31.5 Å². The number of nitrogens with one attached hydrogen (secondary N) is 2. The Labute approximate surface area is 131 Å². The summed E-state index contributed by atoms with van der Waals surface area (Å²) in [4.78, 5) is 29.9. The maximum Gasteiger partial charge on any atom is 0.251 e. The molecule has 0 aliphatic carbocycles. The number of rotatable bonds is 4. The Kier molecular flexibility index (Phi) is 5.03. The molecule has 0 saturated carbocycles. The molecule has 21 heavy (non-hydrogen) atoms. The van der Waals surface area contributed by atoms with Crippen LogP contribution in [0.1, 0.15) is 12.5 Å². The van der Waals surface area contributed by atoms with Crippen molar-refractivity contribution in [2.75, 3.05) is 5.32 Å². The summed E-state index contributed by atoms with van der Waals surface area (Å²) >= 11 is 7.20. The van der Waals surface area contributed by atoms with Crippen molar-refractivity contribution in [3.05, 3.63) is 51.4 Å². The van der Waals surface area contributed by atoms with Gasteiger partial charge in [0.1, 0.15) is 0 Å². The molecule has 2 rings (SSSR count). The highest BCUT2D eigenvalue weighted by atomic mass is 35.5. The van der Waals surface area contributed by atoms with Crippen molar-refractivity contribution >= 4 is 35.0 Å². The van der Waals surface area contributed by atoms with E-state index < -0.39 is 5.25 Å². The zero-order valence-corrected chi connectivity index (χ0v) is 13.1. The number of thioether (sulfide) groups is 1. The van der Waals surface area contributed by atoms with Crippen molar-refractivity contribution in [3.8, 4) is 0 Å². The summed E-state index contributed by atoms with van der Waals surface area (Å²) in [6.07, 6.45) is 1.41. The van der Waals surface area contributed by atoms with Crippen LogP contribution < -0.4 is 10.9 Å². The smallest absolute Gasteiger partial charge is 0.251 e. The van der Waals surface area contributed by atoms with E-state index in [1.54, 1.807) is 19.1 Å². The number of halogens is 1. The second kappa shape index (κ2) is 6.78. The van der Waals surface area contributed by atoms with Crippen LogP contribution >= 0.6 is 23.4 Å². The summed E-state index contributed by atoms with van der Waals surface area (Å²) in [5, 5.41) is 3.38. The minimum Gasteiger partial charge on any atom is -0.325 e. The van der Waals surface area contributed by atoms with Gasteiger partial charge in [0.05, 0.1) is 5.25 Å². The molecule has 0 aliphatic heterocycles. The third-order valence-corrected chi connectivity index (χ3v) is 4.15. The molecule has 0 radical (unpaired) electrons. The van der Waals surface area contributed by atoms with Crippen molar-refractivity contribution < 1.29 is 4.79 Å². The Bertz CT molecular complexity index is 717. The van der Waals surface area contributed by atoms with Crippen LogP contribution in [0.4, 0.5) is 5.69 Å². The molecule has 1 atom stereocenters. The molecular weight excluding hydrogens is 310 g/mol. The van der Waals surface area contributed by atoms with Crippen LogP contribution in [0.2, 0.25) is 5.02 Å². The maximum atomic E-state index is 12.1. The van der Waals surface area contributed by atoms with Crippen LogP contribution in [0.3, 0.4) is 0 Å². The number of hydrogen-bond acceptors (Lipinski definition) is 4. The van der Waals surface area contributed by atoms with Gasteiger partial charge in [0.25, 0.3) is 5.56 Å². The lowest BCUT2D eigenvalue weighted by Gasteiger charge is -2.11. The van der Waals surface area contributed by atoms with Gasteiger partial charge in [-0.1, -0.05) is 29.4 Å². The number of nitrogens with zero attached hydrogens (tertiary/aromatic N) is 1. The lowest BCUT2D eigenvalue weighted by molar-refractivity contribution is -0.115. The van der Waals surface area contributed by atoms with Gasteiger partial charge in [-0.15, -0.1) is 0 Å². The highest BCUT2D eigenvalue weighted by Crippen LogP contribution is 2.22. The Balaban J connectivity index is 2.02. The largest absolute Gasteiger partial charge is 0.325 e. The fraction of sp³-hybridized carbons (Fsp3) is 0.214. The van der Waals surface area contributed by atoms with Crippen molar-refractivity contribution in [1.29, 1.82) is 0 Å². The molecule has 1 heterocycles. The third-order valence-electron chi connectivity index (χ3n) is 2.74. The summed E-state index contributed by atoms with van der Waals surface area (Å²) in [5.41, 5.74) is 1.34. The number of aryl methyl sites for hydroxylation is 1. The first kappa shape index (κ1) is 15.6. The maximum absolute atomic E-state index is 12.1. The first-order valence-corrected chi connectivity index (χ1v) is 7.50. The number of carbonyl (C=O) groups is 1. The van der Waals surface area contributed by atoms with Crippen LogP contribution in [0.5, 0.6) is 0 Å². The quantitative estimate of drug-likeness (QED) is 0.670. The summed E-state index contributed by atoms with van der Waals surface area (Å²) < 4.78 is 0. The fourth-order valence-corrected chi connectivity index (χ4v) is 2.51. The Morgan fingerprint density at radius 3 is 2.86 bits per heavy atom. The molecule has 2 N–H and O–H groups in total. The highest BCUT2D eigenvalue weighted by molar-refractivity contribution is 8.00. The third kappa shape index (κ3) is 4.34. The Morgan fingerprint density at radius 1 is 1.43 bits per heavy atom. The normalized spacial score (nSPS) is 12.0. The molecule has 0 saturated heterocycles. The average Bonchev–Trinajstić information content (AvgIpc) is 2.43. The molecule has 1 aromatic heterocycles. The second-order valence-electron chi connectivity index (χ2n) is 4.45. The molecule has 5 nitrogen and oxygen atoms in total. The van der Waals surface area contributed by atoms with Crippen molar-refractivity contribution in [3.63, 3.8) is 0 Å². The number of hydrogen-bond donors (Lipinski definition) is 2. The zero-order valence-electron chi connectivity index (χ0n) is 11.5. The molecule has 0 spiro atoms. The first-order chi connectivity index (χ1) is 9.95. The summed E-state index contributed by atoms with van der Waals surface area (Å²) in [7, 11) is 0. The standard InChI is InChI=1S/C14H14ClN3O2S/c1-8-3-4-10(7-11(8)15)17-13(20)9(2)21-14-16-6-5-12(19)18-14/h3-7,9H,1-2H3,(H,17,20)(H,16,18,19)/t9-/m1/s1. The van der Waals surface area contributed by atoms with Gasteiger partial charge in [-0.2, -0.15) is 0 Å². The molecule has 2 aromatic rings. The molecule has 1 amide bonds. The molecule has 0 bridgehead atoms. The SMILES string of the molecule is Cc1ccc(NC(=O)[C@@H](C)Sc2nccc(=O)[nH]2)cc1Cl. The number of anilines is 1. The number of carbonyl (C=O) groups excluding carboxylic acids is 1. The number of benzene rings is 1. The van der Waals surface area contributed by atoms with E-state index >= 15 is 0 Å². The first-order valence-electron chi connectivity index (χ1n) is 6.24. The number of aromatic nitrogens is 2. The molecule has 1 aromatic carbocycles. The molecule has 7 heteroatoms. The van der Waals surface area contributed by atoms with E-state index in [1.807, 2.05) is 13.0 Å². The van der Waals surface area contributed by atoms with Crippen LogP contribution in [0, 0.1) is 6.92 Å². The number of H-pyrrole nitrogens is 1. The van der Waals surface area contributed by atoms with E-state index in [2.05, 4.69) is 15.3 Å². The molecule has 0 unspecified atom stereocenters. The predicted octanol–water partition coefficient (Wildman–Crippen LogP) is 2.85. The topological polar surface area (TPSA) is 74.8 Å². The summed E-state index contributed by atoms with van der Waals surface area (Å²) in [5.74, 6) is -0.188. The van der Waals surface area contributed by atoms with Crippen LogP contribution in [0.15, 0.2) is 40.4 Å². The van der Waals surface area contributed by atoms with Gasteiger partial charge < -0.3 is 10.3 Å². The van der Waals surface area contributed by atoms with E-state index in [0.717, 1.165) is 5.56 Å². The molecular formula is C14H14ClN3O2S. The molecule has 0 fully saturated rings. The molecule has 110 valence electrons. The lowest BCUT2D eigenvalue weighted by atomic mass is 10.2. The Morgan fingerprint density at radius 2 is 2.19 bits per heavy atom. The van der Waals surface area contributed by atoms with Gasteiger partial charge >= 0.3 is 0 Å². The van der Waals surface area contributed by atoms with Gasteiger partial charge in [0.15, 0.2) is 5.16 Å². The number of amides is 1. The summed E-state index contributed by atoms with van der Waals surface area (Å²) in [6.45, 7) is 3.63. The van der Waals surface area contributed by atoms with E-state index in [0.29, 0.717) is 15.9 Å². The van der Waals surface area contributed by atoms with Gasteiger partial charge in [-0.25, -0.2) is 4.98 Å². The van der Waals surface area contributed by atoms with E-state index in [4.69, 9.17) is 11.6 Å². The predicted molar refractivity (Wildman–Crippen MR) is 85.0 cm³/mol. The lowest BCUT2D eigenvalue weighted by Crippen LogP contribution is -2.23. The van der Waals surface area contributed by atoms with Gasteiger partial charge in [-0.3, -0.25) is 9.59 Å². The van der Waals surface area contributed by atoms with Crippen molar-refractivity contribution in [1.82, 2.24) is 9.97 Å². The minimum absolute atomic E-state index is 0.188. The molecule has 0 aliphatic rings.